The van der Waals surface area contributed by atoms with Crippen LogP contribution in [0.1, 0.15) is 34.3 Å². The SMILES string of the molecule is Cc1ccc(CCC(=O)N2CCCN(C(=O)c3cc(O)cc(O)c3)CC2)cc1. The Morgan fingerprint density at radius 2 is 1.50 bits per heavy atom. The van der Waals surface area contributed by atoms with Crippen molar-refractivity contribution in [2.24, 2.45) is 0 Å². The molecule has 2 N–H and O–H groups in total. The standard InChI is InChI=1S/C22H26N2O4/c1-16-3-5-17(6-4-16)7-8-21(27)23-9-2-10-24(12-11-23)22(28)18-13-19(25)15-20(26)14-18/h3-6,13-15,25-26H,2,7-12H2,1H3. The summed E-state index contributed by atoms with van der Waals surface area (Å²) >= 11 is 0. The van der Waals surface area contributed by atoms with Crippen molar-refractivity contribution >= 4 is 11.8 Å². The Kier molecular flexibility index (Phi) is 6.19. The number of benzene rings is 2. The number of hydrogen-bond acceptors (Lipinski definition) is 4. The van der Waals surface area contributed by atoms with Crippen LogP contribution in [0.4, 0.5) is 0 Å². The fraction of sp³-hybridized carbons (Fsp3) is 0.364. The Balaban J connectivity index is 1.55. The highest BCUT2D eigenvalue weighted by atomic mass is 16.3. The lowest BCUT2D eigenvalue weighted by atomic mass is 10.1. The van der Waals surface area contributed by atoms with Crippen molar-refractivity contribution in [2.75, 3.05) is 26.2 Å². The van der Waals surface area contributed by atoms with Gasteiger partial charge < -0.3 is 20.0 Å². The van der Waals surface area contributed by atoms with Gasteiger partial charge in [0.05, 0.1) is 0 Å². The van der Waals surface area contributed by atoms with Gasteiger partial charge in [0.1, 0.15) is 11.5 Å². The van der Waals surface area contributed by atoms with Gasteiger partial charge in [-0.2, -0.15) is 0 Å². The molecule has 0 aromatic heterocycles. The van der Waals surface area contributed by atoms with E-state index in [4.69, 9.17) is 0 Å². The van der Waals surface area contributed by atoms with E-state index in [1.165, 1.54) is 23.8 Å². The van der Waals surface area contributed by atoms with Crippen LogP contribution in [0.3, 0.4) is 0 Å². The van der Waals surface area contributed by atoms with Gasteiger partial charge in [0, 0.05) is 44.2 Å². The maximum absolute atomic E-state index is 12.7. The van der Waals surface area contributed by atoms with Crippen LogP contribution < -0.4 is 0 Å². The Labute approximate surface area is 165 Å². The summed E-state index contributed by atoms with van der Waals surface area (Å²) in [4.78, 5) is 28.7. The molecule has 148 valence electrons. The summed E-state index contributed by atoms with van der Waals surface area (Å²) in [7, 11) is 0. The molecule has 0 aliphatic carbocycles. The highest BCUT2D eigenvalue weighted by Crippen LogP contribution is 2.22. The molecule has 3 rings (SSSR count). The first kappa shape index (κ1) is 19.7. The molecule has 2 amide bonds. The van der Waals surface area contributed by atoms with Crippen LogP contribution in [-0.2, 0) is 11.2 Å². The fourth-order valence-corrected chi connectivity index (χ4v) is 3.44. The second-order valence-corrected chi connectivity index (χ2v) is 7.25. The smallest absolute Gasteiger partial charge is 0.254 e. The number of nitrogens with zero attached hydrogens (tertiary/aromatic N) is 2. The molecule has 0 unspecified atom stereocenters. The fourth-order valence-electron chi connectivity index (χ4n) is 3.44. The van der Waals surface area contributed by atoms with Gasteiger partial charge in [-0.1, -0.05) is 29.8 Å². The third kappa shape index (κ3) is 5.03. The molecule has 1 aliphatic heterocycles. The number of rotatable bonds is 4. The van der Waals surface area contributed by atoms with Crippen LogP contribution in [0.5, 0.6) is 11.5 Å². The first-order valence-electron chi connectivity index (χ1n) is 9.58. The minimum Gasteiger partial charge on any atom is -0.508 e. The van der Waals surface area contributed by atoms with E-state index in [0.29, 0.717) is 45.4 Å². The molecular weight excluding hydrogens is 356 g/mol. The van der Waals surface area contributed by atoms with Gasteiger partial charge in [-0.15, -0.1) is 0 Å². The Hall–Kier alpha value is -3.02. The minimum atomic E-state index is -0.250. The third-order valence-electron chi connectivity index (χ3n) is 5.03. The molecule has 0 radical (unpaired) electrons. The van der Waals surface area contributed by atoms with Crippen molar-refractivity contribution in [1.82, 2.24) is 9.80 Å². The highest BCUT2D eigenvalue weighted by molar-refractivity contribution is 5.95. The number of carbonyl (C=O) groups is 2. The van der Waals surface area contributed by atoms with Crippen molar-refractivity contribution < 1.29 is 19.8 Å². The van der Waals surface area contributed by atoms with Crippen molar-refractivity contribution in [3.63, 3.8) is 0 Å². The zero-order chi connectivity index (χ0) is 20.1. The van der Waals surface area contributed by atoms with Gasteiger partial charge >= 0.3 is 0 Å². The molecule has 0 spiro atoms. The van der Waals surface area contributed by atoms with E-state index < -0.39 is 0 Å². The van der Waals surface area contributed by atoms with Crippen LogP contribution in [-0.4, -0.2) is 58.0 Å². The summed E-state index contributed by atoms with van der Waals surface area (Å²) in [5.74, 6) is -0.442. The third-order valence-corrected chi connectivity index (χ3v) is 5.03. The quantitative estimate of drug-likeness (QED) is 0.852. The lowest BCUT2D eigenvalue weighted by molar-refractivity contribution is -0.131. The van der Waals surface area contributed by atoms with E-state index in [1.54, 1.807) is 4.90 Å². The molecule has 1 fully saturated rings. The van der Waals surface area contributed by atoms with Crippen LogP contribution in [0.25, 0.3) is 0 Å². The average molecular weight is 382 g/mol. The first-order chi connectivity index (χ1) is 13.4. The molecule has 1 saturated heterocycles. The molecule has 0 saturated carbocycles. The molecule has 6 heteroatoms. The van der Waals surface area contributed by atoms with E-state index in [2.05, 4.69) is 24.3 Å². The largest absolute Gasteiger partial charge is 0.508 e. The molecule has 1 heterocycles. The summed E-state index contributed by atoms with van der Waals surface area (Å²) < 4.78 is 0. The number of carbonyl (C=O) groups excluding carboxylic acids is 2. The molecule has 28 heavy (non-hydrogen) atoms. The number of aryl methyl sites for hydroxylation is 2. The molecule has 2 aromatic carbocycles. The summed E-state index contributed by atoms with van der Waals surface area (Å²) in [6, 6.07) is 12.1. The second-order valence-electron chi connectivity index (χ2n) is 7.25. The van der Waals surface area contributed by atoms with Crippen molar-refractivity contribution in [2.45, 2.75) is 26.2 Å². The van der Waals surface area contributed by atoms with Gasteiger partial charge in [-0.25, -0.2) is 0 Å². The van der Waals surface area contributed by atoms with E-state index in [0.717, 1.165) is 5.56 Å². The van der Waals surface area contributed by atoms with Gasteiger partial charge in [0.15, 0.2) is 0 Å². The van der Waals surface area contributed by atoms with Gasteiger partial charge in [0.25, 0.3) is 5.91 Å². The van der Waals surface area contributed by atoms with Gasteiger partial charge in [0.2, 0.25) is 5.91 Å². The summed E-state index contributed by atoms with van der Waals surface area (Å²) in [5, 5.41) is 19.2. The zero-order valence-electron chi connectivity index (χ0n) is 16.1. The molecule has 2 aromatic rings. The minimum absolute atomic E-state index is 0.102. The van der Waals surface area contributed by atoms with E-state index in [1.807, 2.05) is 11.8 Å². The molecular formula is C22H26N2O4. The Morgan fingerprint density at radius 1 is 0.893 bits per heavy atom. The number of phenolic OH excluding ortho intramolecular Hbond substituents is 2. The predicted molar refractivity (Wildman–Crippen MR) is 106 cm³/mol. The number of amides is 2. The topological polar surface area (TPSA) is 81.1 Å². The highest BCUT2D eigenvalue weighted by Gasteiger charge is 2.23. The number of hydrogen-bond donors (Lipinski definition) is 2. The monoisotopic (exact) mass is 382 g/mol. The van der Waals surface area contributed by atoms with Crippen molar-refractivity contribution in [1.29, 1.82) is 0 Å². The molecule has 1 aliphatic rings. The summed E-state index contributed by atoms with van der Waals surface area (Å²) in [6.07, 6.45) is 1.87. The number of aromatic hydroxyl groups is 2. The average Bonchev–Trinajstić information content (AvgIpc) is 2.92. The van der Waals surface area contributed by atoms with E-state index >= 15 is 0 Å². The van der Waals surface area contributed by atoms with Crippen molar-refractivity contribution in [3.8, 4) is 11.5 Å². The molecule has 6 nitrogen and oxygen atoms in total. The zero-order valence-corrected chi connectivity index (χ0v) is 16.1. The maximum atomic E-state index is 12.7. The summed E-state index contributed by atoms with van der Waals surface area (Å²) in [6.45, 7) is 4.13. The van der Waals surface area contributed by atoms with E-state index in [9.17, 15) is 19.8 Å². The Morgan fingerprint density at radius 3 is 2.18 bits per heavy atom. The van der Waals surface area contributed by atoms with Crippen molar-refractivity contribution in [3.05, 3.63) is 59.2 Å². The molecule has 0 bridgehead atoms. The maximum Gasteiger partial charge on any atom is 0.254 e. The second kappa shape index (κ2) is 8.78. The Bertz CT molecular complexity index is 828. The van der Waals surface area contributed by atoms with Gasteiger partial charge in [-0.3, -0.25) is 9.59 Å². The molecule has 0 atom stereocenters. The predicted octanol–water partition coefficient (Wildman–Crippen LogP) is 2.71. The lowest BCUT2D eigenvalue weighted by Gasteiger charge is -2.22. The van der Waals surface area contributed by atoms with Gasteiger partial charge in [-0.05, 0) is 37.5 Å². The van der Waals surface area contributed by atoms with Crippen LogP contribution in [0.2, 0.25) is 0 Å². The van der Waals surface area contributed by atoms with E-state index in [-0.39, 0.29) is 28.9 Å². The van der Waals surface area contributed by atoms with Crippen LogP contribution >= 0.6 is 0 Å². The number of phenols is 2. The summed E-state index contributed by atoms with van der Waals surface area (Å²) in [5.41, 5.74) is 2.60. The van der Waals surface area contributed by atoms with Crippen LogP contribution in [0.15, 0.2) is 42.5 Å². The lowest BCUT2D eigenvalue weighted by Crippen LogP contribution is -2.37. The first-order valence-corrected chi connectivity index (χ1v) is 9.58. The normalized spacial score (nSPS) is 14.6. The van der Waals surface area contributed by atoms with Crippen LogP contribution in [0, 0.1) is 6.92 Å².